The fraction of sp³-hybridized carbons (Fsp3) is 0.238. The zero-order valence-corrected chi connectivity index (χ0v) is 14.5. The Balaban J connectivity index is 1.54. The van der Waals surface area contributed by atoms with Crippen molar-refractivity contribution in [3.8, 4) is 0 Å². The SMILES string of the molecule is CC(/C=N\NC(=O)CN1CCCc2ccccc21)=C\c1ccccc1. The Morgan fingerprint density at radius 3 is 2.76 bits per heavy atom. The summed E-state index contributed by atoms with van der Waals surface area (Å²) in [7, 11) is 0. The molecule has 1 aliphatic heterocycles. The van der Waals surface area contributed by atoms with Crippen LogP contribution in [0, 0.1) is 0 Å². The van der Waals surface area contributed by atoms with Crippen LogP contribution in [0.15, 0.2) is 65.3 Å². The molecule has 1 aliphatic rings. The van der Waals surface area contributed by atoms with E-state index < -0.39 is 0 Å². The van der Waals surface area contributed by atoms with Crippen LogP contribution in [-0.2, 0) is 11.2 Å². The molecule has 0 saturated heterocycles. The average Bonchev–Trinajstić information content (AvgIpc) is 2.63. The van der Waals surface area contributed by atoms with E-state index in [1.807, 2.05) is 49.4 Å². The number of benzene rings is 2. The van der Waals surface area contributed by atoms with Gasteiger partial charge in [0.1, 0.15) is 0 Å². The summed E-state index contributed by atoms with van der Waals surface area (Å²) in [4.78, 5) is 14.3. The minimum absolute atomic E-state index is 0.0968. The third-order valence-corrected chi connectivity index (χ3v) is 4.19. The van der Waals surface area contributed by atoms with Gasteiger partial charge in [-0.1, -0.05) is 54.6 Å². The molecule has 0 radical (unpaired) electrons. The first-order valence-corrected chi connectivity index (χ1v) is 8.60. The van der Waals surface area contributed by atoms with Gasteiger partial charge in [-0.15, -0.1) is 0 Å². The van der Waals surface area contributed by atoms with Crippen molar-refractivity contribution < 1.29 is 4.79 Å². The topological polar surface area (TPSA) is 44.7 Å². The van der Waals surface area contributed by atoms with Crippen LogP contribution in [0.25, 0.3) is 6.08 Å². The summed E-state index contributed by atoms with van der Waals surface area (Å²) in [6.45, 7) is 3.19. The van der Waals surface area contributed by atoms with Gasteiger partial charge in [-0.3, -0.25) is 4.79 Å². The van der Waals surface area contributed by atoms with Crippen molar-refractivity contribution in [3.05, 3.63) is 71.3 Å². The fourth-order valence-electron chi connectivity index (χ4n) is 3.04. The molecule has 0 unspecified atom stereocenters. The molecule has 2 aromatic carbocycles. The monoisotopic (exact) mass is 333 g/mol. The minimum atomic E-state index is -0.0968. The quantitative estimate of drug-likeness (QED) is 0.670. The van der Waals surface area contributed by atoms with Gasteiger partial charge < -0.3 is 4.90 Å². The van der Waals surface area contributed by atoms with Crippen LogP contribution < -0.4 is 10.3 Å². The van der Waals surface area contributed by atoms with Crippen molar-refractivity contribution >= 4 is 23.9 Å². The number of carbonyl (C=O) groups is 1. The van der Waals surface area contributed by atoms with Crippen molar-refractivity contribution in [2.24, 2.45) is 5.10 Å². The van der Waals surface area contributed by atoms with E-state index in [9.17, 15) is 4.79 Å². The number of nitrogens with zero attached hydrogens (tertiary/aromatic N) is 2. The van der Waals surface area contributed by atoms with Gasteiger partial charge in [0.05, 0.1) is 12.8 Å². The van der Waals surface area contributed by atoms with E-state index in [0.29, 0.717) is 6.54 Å². The molecule has 3 rings (SSSR count). The van der Waals surface area contributed by atoms with E-state index >= 15 is 0 Å². The van der Waals surface area contributed by atoms with Crippen LogP contribution in [-0.4, -0.2) is 25.2 Å². The second kappa shape index (κ2) is 8.29. The lowest BCUT2D eigenvalue weighted by molar-refractivity contribution is -0.119. The number of amides is 1. The molecular weight excluding hydrogens is 310 g/mol. The number of anilines is 1. The lowest BCUT2D eigenvalue weighted by Crippen LogP contribution is -2.38. The van der Waals surface area contributed by atoms with E-state index in [4.69, 9.17) is 0 Å². The van der Waals surface area contributed by atoms with Gasteiger partial charge >= 0.3 is 0 Å². The highest BCUT2D eigenvalue weighted by Crippen LogP contribution is 2.26. The van der Waals surface area contributed by atoms with Crippen LogP contribution in [0.3, 0.4) is 0 Å². The van der Waals surface area contributed by atoms with Crippen molar-refractivity contribution in [2.45, 2.75) is 19.8 Å². The predicted octanol–water partition coefficient (Wildman–Crippen LogP) is 3.64. The van der Waals surface area contributed by atoms with Crippen LogP contribution in [0.5, 0.6) is 0 Å². The highest BCUT2D eigenvalue weighted by Gasteiger charge is 2.18. The van der Waals surface area contributed by atoms with E-state index in [0.717, 1.165) is 36.2 Å². The lowest BCUT2D eigenvalue weighted by atomic mass is 10.0. The summed E-state index contributed by atoms with van der Waals surface area (Å²) in [6, 6.07) is 18.3. The zero-order chi connectivity index (χ0) is 17.5. The lowest BCUT2D eigenvalue weighted by Gasteiger charge is -2.30. The molecule has 4 nitrogen and oxygen atoms in total. The summed E-state index contributed by atoms with van der Waals surface area (Å²) < 4.78 is 0. The molecule has 0 aliphatic carbocycles. The molecular formula is C21H23N3O. The smallest absolute Gasteiger partial charge is 0.259 e. The third kappa shape index (κ3) is 4.80. The molecule has 25 heavy (non-hydrogen) atoms. The molecule has 0 aromatic heterocycles. The van der Waals surface area contributed by atoms with E-state index in [1.54, 1.807) is 6.21 Å². The van der Waals surface area contributed by atoms with Crippen molar-refractivity contribution in [3.63, 3.8) is 0 Å². The van der Waals surface area contributed by atoms with Gasteiger partial charge in [0.15, 0.2) is 0 Å². The Bertz CT molecular complexity index is 781. The standard InChI is InChI=1S/C21H23N3O/c1-17(14-18-8-3-2-4-9-18)15-22-23-21(25)16-24-13-7-11-19-10-5-6-12-20(19)24/h2-6,8-10,12,14-15H,7,11,13,16H2,1H3,(H,23,25)/b17-14+,22-15-. The molecule has 1 heterocycles. The number of hydrogen-bond acceptors (Lipinski definition) is 3. The largest absolute Gasteiger partial charge is 0.362 e. The normalized spacial score (nSPS) is 14.4. The summed E-state index contributed by atoms with van der Waals surface area (Å²) >= 11 is 0. The first-order chi connectivity index (χ1) is 12.2. The molecule has 0 spiro atoms. The molecule has 4 heteroatoms. The van der Waals surface area contributed by atoms with Crippen molar-refractivity contribution in [1.29, 1.82) is 0 Å². The maximum absolute atomic E-state index is 12.2. The zero-order valence-electron chi connectivity index (χ0n) is 14.5. The molecule has 0 fully saturated rings. The number of nitrogens with one attached hydrogen (secondary N) is 1. The molecule has 0 bridgehead atoms. The van der Waals surface area contributed by atoms with Crippen molar-refractivity contribution in [2.75, 3.05) is 18.0 Å². The van der Waals surface area contributed by atoms with Gasteiger partial charge in [0.2, 0.25) is 0 Å². The number of fused-ring (bicyclic) bond motifs is 1. The summed E-state index contributed by atoms with van der Waals surface area (Å²) in [5, 5.41) is 4.07. The van der Waals surface area contributed by atoms with Gasteiger partial charge in [0.25, 0.3) is 5.91 Å². The van der Waals surface area contributed by atoms with Crippen LogP contribution in [0.4, 0.5) is 5.69 Å². The summed E-state index contributed by atoms with van der Waals surface area (Å²) in [5.74, 6) is -0.0968. The van der Waals surface area contributed by atoms with Crippen LogP contribution in [0.2, 0.25) is 0 Å². The molecule has 0 saturated carbocycles. The summed E-state index contributed by atoms with van der Waals surface area (Å²) in [6.07, 6.45) is 5.86. The highest BCUT2D eigenvalue weighted by molar-refractivity contribution is 5.87. The Labute approximate surface area is 148 Å². The first kappa shape index (κ1) is 17.0. The molecule has 1 N–H and O–H groups in total. The van der Waals surface area contributed by atoms with Crippen LogP contribution >= 0.6 is 0 Å². The molecule has 0 atom stereocenters. The fourth-order valence-corrected chi connectivity index (χ4v) is 3.04. The number of hydrazone groups is 1. The van der Waals surface area contributed by atoms with E-state index in [1.165, 1.54) is 5.56 Å². The predicted molar refractivity (Wildman–Crippen MR) is 104 cm³/mol. The van der Waals surface area contributed by atoms with Gasteiger partial charge in [-0.2, -0.15) is 5.10 Å². The number of carbonyl (C=O) groups excluding carboxylic acids is 1. The number of rotatable bonds is 5. The Kier molecular flexibility index (Phi) is 5.62. The number of hydrogen-bond donors (Lipinski definition) is 1. The Morgan fingerprint density at radius 1 is 1.16 bits per heavy atom. The maximum Gasteiger partial charge on any atom is 0.259 e. The first-order valence-electron chi connectivity index (χ1n) is 8.60. The second-order valence-corrected chi connectivity index (χ2v) is 6.25. The molecule has 1 amide bonds. The third-order valence-electron chi connectivity index (χ3n) is 4.19. The number of para-hydroxylation sites is 1. The summed E-state index contributed by atoms with van der Waals surface area (Å²) in [5.41, 5.74) is 7.19. The second-order valence-electron chi connectivity index (χ2n) is 6.25. The van der Waals surface area contributed by atoms with Gasteiger partial charge in [-0.05, 0) is 42.5 Å². The number of allylic oxidation sites excluding steroid dienone is 1. The van der Waals surface area contributed by atoms with Crippen LogP contribution in [0.1, 0.15) is 24.5 Å². The molecule has 128 valence electrons. The molecule has 2 aromatic rings. The van der Waals surface area contributed by atoms with E-state index in [-0.39, 0.29) is 5.91 Å². The average molecular weight is 333 g/mol. The highest BCUT2D eigenvalue weighted by atomic mass is 16.2. The Hall–Kier alpha value is -2.88. The van der Waals surface area contributed by atoms with Gasteiger partial charge in [0, 0.05) is 12.2 Å². The minimum Gasteiger partial charge on any atom is -0.362 e. The van der Waals surface area contributed by atoms with E-state index in [2.05, 4.69) is 33.6 Å². The maximum atomic E-state index is 12.2. The van der Waals surface area contributed by atoms with Crippen molar-refractivity contribution in [1.82, 2.24) is 5.43 Å². The Morgan fingerprint density at radius 2 is 1.92 bits per heavy atom. The van der Waals surface area contributed by atoms with Gasteiger partial charge in [-0.25, -0.2) is 5.43 Å². The number of aryl methyl sites for hydroxylation is 1.